The molecule has 4 nitrogen and oxygen atoms in total. The Hall–Kier alpha value is -1.42. The van der Waals surface area contributed by atoms with Gasteiger partial charge in [-0.1, -0.05) is 13.0 Å². The van der Waals surface area contributed by atoms with Crippen LogP contribution in [0.4, 0.5) is 0 Å². The summed E-state index contributed by atoms with van der Waals surface area (Å²) in [6.45, 7) is 3.39. The Morgan fingerprint density at radius 1 is 1.67 bits per heavy atom. The zero-order valence-corrected chi connectivity index (χ0v) is 10.9. The second-order valence-electron chi connectivity index (χ2n) is 4.95. The van der Waals surface area contributed by atoms with Gasteiger partial charge in [-0.2, -0.15) is 0 Å². The highest BCUT2D eigenvalue weighted by Crippen LogP contribution is 2.32. The van der Waals surface area contributed by atoms with Crippen molar-refractivity contribution < 1.29 is 4.79 Å². The minimum absolute atomic E-state index is 0.0206. The minimum Gasteiger partial charge on any atom is -0.335 e. The Balaban J connectivity index is 2.10. The maximum absolute atomic E-state index is 12.4. The number of likely N-dealkylation sites (tertiary alicyclic amines) is 1. The van der Waals surface area contributed by atoms with E-state index in [0.717, 1.165) is 31.4 Å². The number of nitrogens with two attached hydrogens (primary N) is 1. The van der Waals surface area contributed by atoms with Crippen LogP contribution in [0.2, 0.25) is 0 Å². The van der Waals surface area contributed by atoms with Gasteiger partial charge < -0.3 is 10.6 Å². The van der Waals surface area contributed by atoms with Crippen molar-refractivity contribution in [2.45, 2.75) is 32.2 Å². The molecule has 18 heavy (non-hydrogen) atoms. The molecule has 0 spiro atoms. The van der Waals surface area contributed by atoms with Crippen molar-refractivity contribution in [2.24, 2.45) is 11.7 Å². The summed E-state index contributed by atoms with van der Waals surface area (Å²) in [5.41, 5.74) is 6.67. The first-order valence-corrected chi connectivity index (χ1v) is 6.64. The van der Waals surface area contributed by atoms with Crippen molar-refractivity contribution >= 4 is 5.91 Å². The van der Waals surface area contributed by atoms with E-state index >= 15 is 0 Å². The number of carbonyl (C=O) groups is 1. The standard InChI is InChI=1S/C14H21N3O/c1-11(6-7-15)14(18)17-9-3-5-13(17)12-4-2-8-16-10-12/h2,4,8,10-11,13H,3,5-7,9,15H2,1H3. The Morgan fingerprint density at radius 2 is 2.50 bits per heavy atom. The van der Waals surface area contributed by atoms with Crippen molar-refractivity contribution in [3.05, 3.63) is 30.1 Å². The molecule has 2 atom stereocenters. The van der Waals surface area contributed by atoms with Crippen LogP contribution >= 0.6 is 0 Å². The van der Waals surface area contributed by atoms with E-state index in [9.17, 15) is 4.79 Å². The summed E-state index contributed by atoms with van der Waals surface area (Å²) in [5.74, 6) is 0.249. The van der Waals surface area contributed by atoms with Gasteiger partial charge in [0.15, 0.2) is 0 Å². The summed E-state index contributed by atoms with van der Waals surface area (Å²) in [5, 5.41) is 0. The summed E-state index contributed by atoms with van der Waals surface area (Å²) < 4.78 is 0. The lowest BCUT2D eigenvalue weighted by Gasteiger charge is -2.27. The van der Waals surface area contributed by atoms with Gasteiger partial charge in [0.1, 0.15) is 0 Å². The molecule has 0 aliphatic carbocycles. The van der Waals surface area contributed by atoms with E-state index < -0.39 is 0 Å². The zero-order chi connectivity index (χ0) is 13.0. The predicted octanol–water partition coefficient (Wildman–Crippen LogP) is 1.73. The summed E-state index contributed by atoms with van der Waals surface area (Å²) >= 11 is 0. The normalized spacial score (nSPS) is 21.0. The molecule has 2 rings (SSSR count). The lowest BCUT2D eigenvalue weighted by molar-refractivity contribution is -0.136. The number of aromatic nitrogens is 1. The van der Waals surface area contributed by atoms with Gasteiger partial charge in [-0.25, -0.2) is 0 Å². The van der Waals surface area contributed by atoms with Gasteiger partial charge in [0.2, 0.25) is 5.91 Å². The molecule has 0 saturated carbocycles. The molecule has 1 aromatic heterocycles. The van der Waals surface area contributed by atoms with Crippen LogP contribution in [0, 0.1) is 5.92 Å². The molecular weight excluding hydrogens is 226 g/mol. The van der Waals surface area contributed by atoms with Gasteiger partial charge in [-0.05, 0) is 37.4 Å². The lowest BCUT2D eigenvalue weighted by Crippen LogP contribution is -2.35. The van der Waals surface area contributed by atoms with Gasteiger partial charge in [-0.15, -0.1) is 0 Å². The number of amides is 1. The molecule has 0 bridgehead atoms. The van der Waals surface area contributed by atoms with Crippen LogP contribution in [0.3, 0.4) is 0 Å². The van der Waals surface area contributed by atoms with Crippen LogP contribution in [0.1, 0.15) is 37.8 Å². The Kier molecular flexibility index (Phi) is 4.31. The number of nitrogens with zero attached hydrogens (tertiary/aromatic N) is 2. The van der Waals surface area contributed by atoms with Crippen molar-refractivity contribution in [1.29, 1.82) is 0 Å². The van der Waals surface area contributed by atoms with Crippen LogP contribution in [0.15, 0.2) is 24.5 Å². The van der Waals surface area contributed by atoms with Gasteiger partial charge in [0.05, 0.1) is 6.04 Å². The maximum Gasteiger partial charge on any atom is 0.225 e. The van der Waals surface area contributed by atoms with Gasteiger partial charge >= 0.3 is 0 Å². The molecule has 1 fully saturated rings. The predicted molar refractivity (Wildman–Crippen MR) is 70.8 cm³/mol. The molecule has 1 aromatic rings. The summed E-state index contributed by atoms with van der Waals surface area (Å²) in [6.07, 6.45) is 6.49. The average Bonchev–Trinajstić information content (AvgIpc) is 2.88. The van der Waals surface area contributed by atoms with E-state index in [4.69, 9.17) is 5.73 Å². The average molecular weight is 247 g/mol. The fourth-order valence-electron chi connectivity index (χ4n) is 2.61. The number of hydrogen-bond donors (Lipinski definition) is 1. The second kappa shape index (κ2) is 5.96. The molecule has 1 saturated heterocycles. The number of hydrogen-bond acceptors (Lipinski definition) is 3. The zero-order valence-electron chi connectivity index (χ0n) is 10.9. The molecule has 1 aliphatic rings. The van der Waals surface area contributed by atoms with Crippen LogP contribution < -0.4 is 5.73 Å². The molecule has 0 aromatic carbocycles. The van der Waals surface area contributed by atoms with Crippen LogP contribution in [-0.2, 0) is 4.79 Å². The molecule has 4 heteroatoms. The van der Waals surface area contributed by atoms with Crippen molar-refractivity contribution in [1.82, 2.24) is 9.88 Å². The highest BCUT2D eigenvalue weighted by Gasteiger charge is 2.31. The third kappa shape index (κ3) is 2.70. The fourth-order valence-corrected chi connectivity index (χ4v) is 2.61. The van der Waals surface area contributed by atoms with E-state index in [1.165, 1.54) is 0 Å². The van der Waals surface area contributed by atoms with Gasteiger partial charge in [-0.3, -0.25) is 9.78 Å². The second-order valence-corrected chi connectivity index (χ2v) is 4.95. The topological polar surface area (TPSA) is 59.2 Å². The smallest absolute Gasteiger partial charge is 0.225 e. The highest BCUT2D eigenvalue weighted by molar-refractivity contribution is 5.79. The largest absolute Gasteiger partial charge is 0.335 e. The Morgan fingerprint density at radius 3 is 3.17 bits per heavy atom. The first-order chi connectivity index (χ1) is 8.74. The fraction of sp³-hybridized carbons (Fsp3) is 0.571. The summed E-state index contributed by atoms with van der Waals surface area (Å²) in [4.78, 5) is 18.5. The Bertz CT molecular complexity index is 393. The Labute approximate surface area is 108 Å². The van der Waals surface area contributed by atoms with Gasteiger partial charge in [0, 0.05) is 24.9 Å². The maximum atomic E-state index is 12.4. The summed E-state index contributed by atoms with van der Waals surface area (Å²) in [7, 11) is 0. The quantitative estimate of drug-likeness (QED) is 0.881. The van der Waals surface area contributed by atoms with E-state index in [0.29, 0.717) is 6.54 Å². The molecule has 2 unspecified atom stereocenters. The first-order valence-electron chi connectivity index (χ1n) is 6.64. The number of carbonyl (C=O) groups excluding carboxylic acids is 1. The van der Waals surface area contributed by atoms with E-state index in [2.05, 4.69) is 11.1 Å². The monoisotopic (exact) mass is 247 g/mol. The SMILES string of the molecule is CC(CCN)C(=O)N1CCCC1c1cccnc1. The third-order valence-corrected chi connectivity index (χ3v) is 3.63. The molecule has 0 radical (unpaired) electrons. The molecule has 2 heterocycles. The van der Waals surface area contributed by atoms with Crippen molar-refractivity contribution in [3.8, 4) is 0 Å². The minimum atomic E-state index is 0.0206. The highest BCUT2D eigenvalue weighted by atomic mass is 16.2. The molecule has 1 amide bonds. The molecular formula is C14H21N3O. The summed E-state index contributed by atoms with van der Waals surface area (Å²) in [6, 6.07) is 4.18. The van der Waals surface area contributed by atoms with Crippen molar-refractivity contribution in [2.75, 3.05) is 13.1 Å². The lowest BCUT2D eigenvalue weighted by atomic mass is 10.0. The number of rotatable bonds is 4. The van der Waals surface area contributed by atoms with E-state index in [1.54, 1.807) is 6.20 Å². The molecule has 98 valence electrons. The van der Waals surface area contributed by atoms with E-state index in [-0.39, 0.29) is 17.9 Å². The number of pyridine rings is 1. The van der Waals surface area contributed by atoms with Crippen LogP contribution in [0.25, 0.3) is 0 Å². The molecule has 1 aliphatic heterocycles. The van der Waals surface area contributed by atoms with Gasteiger partial charge in [0.25, 0.3) is 0 Å². The van der Waals surface area contributed by atoms with Crippen LogP contribution in [-0.4, -0.2) is 28.9 Å². The first kappa shape index (κ1) is 13.0. The van der Waals surface area contributed by atoms with Crippen LogP contribution in [0.5, 0.6) is 0 Å². The van der Waals surface area contributed by atoms with Crippen molar-refractivity contribution in [3.63, 3.8) is 0 Å². The third-order valence-electron chi connectivity index (χ3n) is 3.63. The van der Waals surface area contributed by atoms with E-state index in [1.807, 2.05) is 24.1 Å². The molecule has 2 N–H and O–H groups in total.